The van der Waals surface area contributed by atoms with Gasteiger partial charge in [-0.15, -0.1) is 0 Å². The fraction of sp³-hybridized carbons (Fsp3) is 0.111. The van der Waals surface area contributed by atoms with Crippen LogP contribution in [0.4, 0.5) is 0 Å². The maximum Gasteiger partial charge on any atom is 0.259 e. The van der Waals surface area contributed by atoms with Gasteiger partial charge in [0, 0.05) is 3.57 Å². The monoisotopic (exact) mass is 286 g/mol. The quantitative estimate of drug-likeness (QED) is 0.751. The summed E-state index contributed by atoms with van der Waals surface area (Å²) in [5.74, 6) is 0. The summed E-state index contributed by atoms with van der Waals surface area (Å²) >= 11 is 2.15. The zero-order valence-corrected chi connectivity index (χ0v) is 9.12. The number of aromatic nitrogens is 2. The molecular weight excluding hydrogens is 279 g/mol. The maximum absolute atomic E-state index is 11.4. The van der Waals surface area contributed by atoms with E-state index in [1.54, 1.807) is 0 Å². The number of nitrogens with one attached hydrogen (secondary N) is 1. The van der Waals surface area contributed by atoms with E-state index < -0.39 is 0 Å². The molecule has 0 bridgehead atoms. The van der Waals surface area contributed by atoms with Crippen molar-refractivity contribution < 1.29 is 0 Å². The minimum absolute atomic E-state index is 0.0746. The summed E-state index contributed by atoms with van der Waals surface area (Å²) in [6.07, 6.45) is 1.43. The summed E-state index contributed by atoms with van der Waals surface area (Å²) in [5.41, 5.74) is 1.80. The SMILES string of the molecule is Cc1cc(I)c2c(=O)[nH]cnc2c1. The van der Waals surface area contributed by atoms with E-state index in [-0.39, 0.29) is 5.56 Å². The van der Waals surface area contributed by atoms with Crippen LogP contribution >= 0.6 is 22.6 Å². The Morgan fingerprint density at radius 3 is 3.00 bits per heavy atom. The number of benzene rings is 1. The number of rotatable bonds is 0. The van der Waals surface area contributed by atoms with Crippen molar-refractivity contribution >= 4 is 33.5 Å². The minimum Gasteiger partial charge on any atom is -0.313 e. The normalized spacial score (nSPS) is 10.6. The predicted molar refractivity (Wildman–Crippen MR) is 59.8 cm³/mol. The highest BCUT2D eigenvalue weighted by Gasteiger charge is 2.03. The lowest BCUT2D eigenvalue weighted by atomic mass is 10.2. The summed E-state index contributed by atoms with van der Waals surface area (Å²) in [6, 6.07) is 3.88. The van der Waals surface area contributed by atoms with Gasteiger partial charge in [0.05, 0.1) is 17.2 Å². The van der Waals surface area contributed by atoms with Gasteiger partial charge in [0.25, 0.3) is 5.56 Å². The fourth-order valence-electron chi connectivity index (χ4n) is 1.28. The molecule has 4 heteroatoms. The molecule has 0 fully saturated rings. The molecule has 0 aliphatic carbocycles. The summed E-state index contributed by atoms with van der Waals surface area (Å²) in [5, 5.41) is 0.675. The molecule has 0 unspecified atom stereocenters. The van der Waals surface area contributed by atoms with Crippen LogP contribution in [0.1, 0.15) is 5.56 Å². The number of fused-ring (bicyclic) bond motifs is 1. The second-order valence-electron chi connectivity index (χ2n) is 2.87. The second-order valence-corrected chi connectivity index (χ2v) is 4.03. The summed E-state index contributed by atoms with van der Waals surface area (Å²) in [4.78, 5) is 18.1. The lowest BCUT2D eigenvalue weighted by Gasteiger charge is -1.99. The first-order valence-corrected chi connectivity index (χ1v) is 4.90. The molecule has 0 saturated carbocycles. The van der Waals surface area contributed by atoms with Gasteiger partial charge in [0.2, 0.25) is 0 Å². The molecule has 13 heavy (non-hydrogen) atoms. The van der Waals surface area contributed by atoms with Gasteiger partial charge < -0.3 is 4.98 Å². The summed E-state index contributed by atoms with van der Waals surface area (Å²) < 4.78 is 0.946. The van der Waals surface area contributed by atoms with Gasteiger partial charge in [-0.05, 0) is 47.2 Å². The first-order chi connectivity index (χ1) is 6.18. The number of nitrogens with zero attached hydrogens (tertiary/aromatic N) is 1. The van der Waals surface area contributed by atoms with E-state index in [0.717, 1.165) is 14.7 Å². The van der Waals surface area contributed by atoms with Gasteiger partial charge in [0.15, 0.2) is 0 Å². The van der Waals surface area contributed by atoms with Gasteiger partial charge in [0.1, 0.15) is 0 Å². The Balaban J connectivity index is 3.03. The predicted octanol–water partition coefficient (Wildman–Crippen LogP) is 1.84. The molecule has 66 valence electrons. The zero-order valence-electron chi connectivity index (χ0n) is 6.97. The highest BCUT2D eigenvalue weighted by atomic mass is 127. The van der Waals surface area contributed by atoms with Crippen LogP contribution in [0.5, 0.6) is 0 Å². The Morgan fingerprint density at radius 2 is 2.23 bits per heavy atom. The Bertz CT molecular complexity index is 518. The molecule has 1 aromatic heterocycles. The molecule has 0 amide bonds. The third kappa shape index (κ3) is 1.46. The molecule has 0 spiro atoms. The zero-order chi connectivity index (χ0) is 9.42. The van der Waals surface area contributed by atoms with E-state index >= 15 is 0 Å². The number of hydrogen-bond donors (Lipinski definition) is 1. The van der Waals surface area contributed by atoms with Crippen LogP contribution in [0, 0.1) is 10.5 Å². The van der Waals surface area contributed by atoms with Crippen LogP contribution in [-0.2, 0) is 0 Å². The van der Waals surface area contributed by atoms with E-state index in [9.17, 15) is 4.79 Å². The highest BCUT2D eigenvalue weighted by Crippen LogP contribution is 2.16. The highest BCUT2D eigenvalue weighted by molar-refractivity contribution is 14.1. The van der Waals surface area contributed by atoms with Crippen LogP contribution in [0.25, 0.3) is 10.9 Å². The molecule has 0 radical (unpaired) electrons. The fourth-order valence-corrected chi connectivity index (χ4v) is 2.30. The van der Waals surface area contributed by atoms with E-state index in [1.165, 1.54) is 6.33 Å². The average Bonchev–Trinajstić information content (AvgIpc) is 2.02. The maximum atomic E-state index is 11.4. The summed E-state index contributed by atoms with van der Waals surface area (Å²) in [6.45, 7) is 1.99. The third-order valence-corrected chi connectivity index (χ3v) is 2.69. The van der Waals surface area contributed by atoms with Crippen molar-refractivity contribution in [3.63, 3.8) is 0 Å². The number of aryl methyl sites for hydroxylation is 1. The molecule has 1 heterocycles. The van der Waals surface area contributed by atoms with Crippen molar-refractivity contribution in [2.24, 2.45) is 0 Å². The number of aromatic amines is 1. The smallest absolute Gasteiger partial charge is 0.259 e. The Labute approximate surface area is 88.3 Å². The Hall–Kier alpha value is -0.910. The van der Waals surface area contributed by atoms with E-state index in [0.29, 0.717) is 5.39 Å². The molecule has 0 saturated heterocycles. The Morgan fingerprint density at radius 1 is 1.46 bits per heavy atom. The van der Waals surface area contributed by atoms with Crippen LogP contribution in [-0.4, -0.2) is 9.97 Å². The average molecular weight is 286 g/mol. The molecule has 0 aliphatic rings. The van der Waals surface area contributed by atoms with Gasteiger partial charge in [-0.25, -0.2) is 4.98 Å². The third-order valence-electron chi connectivity index (χ3n) is 1.84. The second kappa shape index (κ2) is 3.10. The van der Waals surface area contributed by atoms with Crippen molar-refractivity contribution in [2.75, 3.05) is 0 Å². The lowest BCUT2D eigenvalue weighted by Crippen LogP contribution is -2.07. The van der Waals surface area contributed by atoms with E-state index in [2.05, 4.69) is 32.6 Å². The number of H-pyrrole nitrogens is 1. The Kier molecular flexibility index (Phi) is 2.07. The standard InChI is InChI=1S/C9H7IN2O/c1-5-2-6(10)8-7(3-5)11-4-12-9(8)13/h2-4H,1H3,(H,11,12,13). The van der Waals surface area contributed by atoms with Crippen molar-refractivity contribution in [2.45, 2.75) is 6.92 Å². The molecular formula is C9H7IN2O. The topological polar surface area (TPSA) is 45.8 Å². The van der Waals surface area contributed by atoms with Crippen molar-refractivity contribution in [1.82, 2.24) is 9.97 Å². The minimum atomic E-state index is -0.0746. The van der Waals surface area contributed by atoms with Crippen LogP contribution in [0.3, 0.4) is 0 Å². The van der Waals surface area contributed by atoms with Crippen molar-refractivity contribution in [3.8, 4) is 0 Å². The van der Waals surface area contributed by atoms with Gasteiger partial charge in [-0.2, -0.15) is 0 Å². The lowest BCUT2D eigenvalue weighted by molar-refractivity contribution is 1.17. The molecule has 3 nitrogen and oxygen atoms in total. The molecule has 0 aliphatic heterocycles. The largest absolute Gasteiger partial charge is 0.313 e. The van der Waals surface area contributed by atoms with Crippen molar-refractivity contribution in [1.29, 1.82) is 0 Å². The van der Waals surface area contributed by atoms with E-state index in [1.807, 2.05) is 19.1 Å². The first kappa shape index (κ1) is 8.68. The van der Waals surface area contributed by atoms with Gasteiger partial charge in [-0.1, -0.05) is 0 Å². The molecule has 0 atom stereocenters. The van der Waals surface area contributed by atoms with Crippen LogP contribution in [0.15, 0.2) is 23.3 Å². The molecule has 1 N–H and O–H groups in total. The van der Waals surface area contributed by atoms with Gasteiger partial charge >= 0.3 is 0 Å². The summed E-state index contributed by atoms with van der Waals surface area (Å²) in [7, 11) is 0. The molecule has 1 aromatic carbocycles. The van der Waals surface area contributed by atoms with E-state index in [4.69, 9.17) is 0 Å². The molecule has 2 aromatic rings. The van der Waals surface area contributed by atoms with Crippen LogP contribution in [0.2, 0.25) is 0 Å². The van der Waals surface area contributed by atoms with Crippen LogP contribution < -0.4 is 5.56 Å². The van der Waals surface area contributed by atoms with Crippen molar-refractivity contribution in [3.05, 3.63) is 37.9 Å². The first-order valence-electron chi connectivity index (χ1n) is 3.82. The number of halogens is 1. The van der Waals surface area contributed by atoms with Gasteiger partial charge in [-0.3, -0.25) is 4.79 Å². The molecule has 2 rings (SSSR count). The number of hydrogen-bond acceptors (Lipinski definition) is 2.